The van der Waals surface area contributed by atoms with Crippen LogP contribution in [-0.4, -0.2) is 46.3 Å². The average molecular weight is 271 g/mol. The molecule has 2 aromatic carbocycles. The van der Waals surface area contributed by atoms with Crippen molar-refractivity contribution in [2.75, 3.05) is 13.1 Å². The number of fused-ring (bicyclic) bond motifs is 1. The summed E-state index contributed by atoms with van der Waals surface area (Å²) in [5.74, 6) is -0.0584. The van der Waals surface area contributed by atoms with Crippen molar-refractivity contribution in [1.82, 2.24) is 4.90 Å². The van der Waals surface area contributed by atoms with Crippen molar-refractivity contribution >= 4 is 16.7 Å². The van der Waals surface area contributed by atoms with Gasteiger partial charge in [0.2, 0.25) is 5.91 Å². The van der Waals surface area contributed by atoms with Gasteiger partial charge in [-0.25, -0.2) is 0 Å². The van der Waals surface area contributed by atoms with Gasteiger partial charge in [-0.2, -0.15) is 0 Å². The van der Waals surface area contributed by atoms with E-state index in [2.05, 4.69) is 0 Å². The van der Waals surface area contributed by atoms with Crippen molar-refractivity contribution in [3.63, 3.8) is 0 Å². The molecule has 1 aliphatic rings. The summed E-state index contributed by atoms with van der Waals surface area (Å²) in [6.07, 6.45) is -1.36. The Labute approximate surface area is 117 Å². The van der Waals surface area contributed by atoms with Crippen LogP contribution in [0.5, 0.6) is 0 Å². The Bertz CT molecular complexity index is 625. The number of rotatable bonds is 2. The molecule has 1 fully saturated rings. The van der Waals surface area contributed by atoms with Gasteiger partial charge in [-0.05, 0) is 16.3 Å². The second-order valence-corrected chi connectivity index (χ2v) is 5.25. The van der Waals surface area contributed by atoms with Crippen molar-refractivity contribution in [1.29, 1.82) is 0 Å². The summed E-state index contributed by atoms with van der Waals surface area (Å²) in [6.45, 7) is 0.426. The molecular weight excluding hydrogens is 254 g/mol. The van der Waals surface area contributed by atoms with Crippen molar-refractivity contribution in [2.45, 2.75) is 18.6 Å². The third kappa shape index (κ3) is 2.40. The van der Waals surface area contributed by atoms with Crippen LogP contribution in [0.3, 0.4) is 0 Å². The van der Waals surface area contributed by atoms with Crippen LogP contribution >= 0.6 is 0 Å². The van der Waals surface area contributed by atoms with E-state index in [-0.39, 0.29) is 19.0 Å². The Hall–Kier alpha value is -1.91. The Kier molecular flexibility index (Phi) is 3.42. The highest BCUT2D eigenvalue weighted by atomic mass is 16.3. The summed E-state index contributed by atoms with van der Waals surface area (Å²) in [4.78, 5) is 13.8. The van der Waals surface area contributed by atoms with Crippen LogP contribution in [0.2, 0.25) is 0 Å². The summed E-state index contributed by atoms with van der Waals surface area (Å²) in [7, 11) is 0. The minimum atomic E-state index is -0.827. The lowest BCUT2D eigenvalue weighted by Crippen LogP contribution is -2.31. The molecule has 2 atom stereocenters. The average Bonchev–Trinajstić information content (AvgIpc) is 2.79. The second kappa shape index (κ2) is 5.23. The Morgan fingerprint density at radius 3 is 2.45 bits per heavy atom. The Morgan fingerprint density at radius 1 is 1.05 bits per heavy atom. The van der Waals surface area contributed by atoms with Gasteiger partial charge in [0.15, 0.2) is 0 Å². The molecule has 104 valence electrons. The van der Waals surface area contributed by atoms with Crippen molar-refractivity contribution in [3.05, 3.63) is 48.0 Å². The molecule has 0 aliphatic carbocycles. The third-order valence-corrected chi connectivity index (χ3v) is 3.83. The maximum absolute atomic E-state index is 12.3. The molecule has 0 spiro atoms. The number of likely N-dealkylation sites (tertiary alicyclic amines) is 1. The van der Waals surface area contributed by atoms with E-state index < -0.39 is 12.2 Å². The first-order valence-electron chi connectivity index (χ1n) is 6.75. The zero-order chi connectivity index (χ0) is 14.1. The molecular formula is C16H17NO3. The van der Waals surface area contributed by atoms with Gasteiger partial charge in [0, 0.05) is 13.1 Å². The van der Waals surface area contributed by atoms with Crippen molar-refractivity contribution in [2.24, 2.45) is 0 Å². The molecule has 3 rings (SSSR count). The molecule has 0 radical (unpaired) electrons. The van der Waals surface area contributed by atoms with E-state index in [4.69, 9.17) is 0 Å². The number of aliphatic hydroxyl groups is 2. The molecule has 0 unspecified atom stereocenters. The van der Waals surface area contributed by atoms with E-state index in [9.17, 15) is 15.0 Å². The van der Waals surface area contributed by atoms with Gasteiger partial charge in [0.25, 0.3) is 0 Å². The van der Waals surface area contributed by atoms with Crippen molar-refractivity contribution in [3.8, 4) is 0 Å². The highest BCUT2D eigenvalue weighted by Crippen LogP contribution is 2.20. The molecule has 1 heterocycles. The van der Waals surface area contributed by atoms with Crippen molar-refractivity contribution < 1.29 is 15.0 Å². The number of β-amino-alcohol motifs (C(OH)–C–C–N with tert-alkyl or cyclic N) is 2. The summed E-state index contributed by atoms with van der Waals surface area (Å²) in [5, 5.41) is 21.2. The van der Waals surface area contributed by atoms with Crippen LogP contribution in [0.15, 0.2) is 42.5 Å². The highest BCUT2D eigenvalue weighted by molar-refractivity contribution is 5.90. The highest BCUT2D eigenvalue weighted by Gasteiger charge is 2.32. The zero-order valence-electron chi connectivity index (χ0n) is 11.1. The molecule has 0 saturated carbocycles. The molecule has 1 aliphatic heterocycles. The van der Waals surface area contributed by atoms with E-state index in [1.54, 1.807) is 0 Å². The number of hydrogen-bond donors (Lipinski definition) is 2. The van der Waals surface area contributed by atoms with Crippen LogP contribution < -0.4 is 0 Å². The summed E-state index contributed by atoms with van der Waals surface area (Å²) in [6, 6.07) is 13.9. The molecule has 4 nitrogen and oxygen atoms in total. The maximum Gasteiger partial charge on any atom is 0.227 e. The fourth-order valence-electron chi connectivity index (χ4n) is 2.69. The van der Waals surface area contributed by atoms with Crippen LogP contribution in [0.25, 0.3) is 10.8 Å². The Balaban J connectivity index is 1.81. The molecule has 4 heteroatoms. The van der Waals surface area contributed by atoms with Crippen LogP contribution in [0, 0.1) is 0 Å². The van der Waals surface area contributed by atoms with Gasteiger partial charge in [-0.1, -0.05) is 42.5 Å². The number of amides is 1. The van der Waals surface area contributed by atoms with E-state index in [1.165, 1.54) is 4.90 Å². The SMILES string of the molecule is O=C(Cc1cccc2ccccc12)N1C[C@@H](O)[C@@H](O)C1. The number of carbonyl (C=O) groups excluding carboxylic acids is 1. The largest absolute Gasteiger partial charge is 0.388 e. The number of aliphatic hydroxyl groups excluding tert-OH is 2. The van der Waals surface area contributed by atoms with E-state index in [0.29, 0.717) is 6.42 Å². The molecule has 2 aromatic rings. The molecule has 20 heavy (non-hydrogen) atoms. The van der Waals surface area contributed by atoms with Gasteiger partial charge < -0.3 is 15.1 Å². The van der Waals surface area contributed by atoms with E-state index in [1.807, 2.05) is 42.5 Å². The minimum absolute atomic E-state index is 0.0584. The first-order valence-corrected chi connectivity index (χ1v) is 6.75. The van der Waals surface area contributed by atoms with Gasteiger partial charge in [-0.3, -0.25) is 4.79 Å². The first-order chi connectivity index (χ1) is 9.65. The second-order valence-electron chi connectivity index (χ2n) is 5.25. The number of carbonyl (C=O) groups is 1. The quantitative estimate of drug-likeness (QED) is 0.855. The lowest BCUT2D eigenvalue weighted by Gasteiger charge is -2.16. The lowest BCUT2D eigenvalue weighted by molar-refractivity contribution is -0.129. The molecule has 2 N–H and O–H groups in total. The topological polar surface area (TPSA) is 60.8 Å². The number of benzene rings is 2. The Morgan fingerprint density at radius 2 is 1.70 bits per heavy atom. The third-order valence-electron chi connectivity index (χ3n) is 3.83. The minimum Gasteiger partial charge on any atom is -0.388 e. The fourth-order valence-corrected chi connectivity index (χ4v) is 2.69. The predicted octanol–water partition coefficient (Wildman–Crippen LogP) is 0.946. The lowest BCUT2D eigenvalue weighted by atomic mass is 10.0. The smallest absolute Gasteiger partial charge is 0.227 e. The van der Waals surface area contributed by atoms with Crippen LogP contribution in [-0.2, 0) is 11.2 Å². The molecule has 1 saturated heterocycles. The predicted molar refractivity (Wildman–Crippen MR) is 76.2 cm³/mol. The monoisotopic (exact) mass is 271 g/mol. The summed E-state index contributed by atoms with van der Waals surface area (Å²) < 4.78 is 0. The molecule has 0 bridgehead atoms. The number of hydrogen-bond acceptors (Lipinski definition) is 3. The van der Waals surface area contributed by atoms with Gasteiger partial charge >= 0.3 is 0 Å². The van der Waals surface area contributed by atoms with Crippen LogP contribution in [0.4, 0.5) is 0 Å². The van der Waals surface area contributed by atoms with Crippen LogP contribution in [0.1, 0.15) is 5.56 Å². The first kappa shape index (κ1) is 13.1. The normalized spacial score (nSPS) is 22.4. The number of nitrogens with zero attached hydrogens (tertiary/aromatic N) is 1. The van der Waals surface area contributed by atoms with E-state index in [0.717, 1.165) is 16.3 Å². The maximum atomic E-state index is 12.3. The summed E-state index contributed by atoms with van der Waals surface area (Å²) >= 11 is 0. The zero-order valence-corrected chi connectivity index (χ0v) is 11.1. The molecule has 1 amide bonds. The van der Waals surface area contributed by atoms with Gasteiger partial charge in [-0.15, -0.1) is 0 Å². The van der Waals surface area contributed by atoms with E-state index >= 15 is 0 Å². The fraction of sp³-hybridized carbons (Fsp3) is 0.312. The van der Waals surface area contributed by atoms with Gasteiger partial charge in [0.05, 0.1) is 18.6 Å². The van der Waals surface area contributed by atoms with Gasteiger partial charge in [0.1, 0.15) is 0 Å². The molecule has 0 aromatic heterocycles. The summed E-state index contributed by atoms with van der Waals surface area (Å²) in [5.41, 5.74) is 0.976. The standard InChI is InChI=1S/C16H17NO3/c18-14-9-17(10-15(14)19)16(20)8-12-6-3-5-11-4-1-2-7-13(11)12/h1-7,14-15,18-19H,8-10H2/t14-,15+.